The zero-order chi connectivity index (χ0) is 26.5. The Morgan fingerprint density at radius 2 is 1.33 bits per heavy atom. The van der Waals surface area contributed by atoms with Crippen LogP contribution >= 0.6 is 118 Å². The maximum Gasteiger partial charge on any atom is 0.280 e. The van der Waals surface area contributed by atoms with Gasteiger partial charge in [0.25, 0.3) is 5.24 Å². The fourth-order valence-corrected chi connectivity index (χ4v) is 13.8. The minimum Gasteiger partial charge on any atom is -0.395 e. The third-order valence-electron chi connectivity index (χ3n) is 2.84. The lowest BCUT2D eigenvalue weighted by Gasteiger charge is -2.05. The largest absolute Gasteiger partial charge is 0.395 e. The highest BCUT2D eigenvalue weighted by Crippen LogP contribution is 2.24. The molecule has 0 bridgehead atoms. The molecule has 0 radical (unpaired) electrons. The predicted molar refractivity (Wildman–Crippen MR) is 189 cm³/mol. The van der Waals surface area contributed by atoms with Crippen LogP contribution in [0.25, 0.3) is 0 Å². The molecule has 2 N–H and O–H groups in total. The summed E-state index contributed by atoms with van der Waals surface area (Å²) in [6.45, 7) is -0.0828. The van der Waals surface area contributed by atoms with E-state index in [1.54, 1.807) is 64.4 Å². The molecule has 2 unspecified atom stereocenters. The molecule has 0 aromatic carbocycles. The number of carbonyl (C=O) groups excluding carboxylic acids is 1. The monoisotopic (exact) mass is 727 g/mol. The second kappa shape index (κ2) is 32.1. The van der Waals surface area contributed by atoms with Crippen LogP contribution in [0.5, 0.6) is 0 Å². The Balaban J connectivity index is 3.30. The minimum absolute atomic E-state index is 0.0242. The van der Waals surface area contributed by atoms with Gasteiger partial charge in [-0.15, -0.1) is 106 Å². The third kappa shape index (κ3) is 31.1. The van der Waals surface area contributed by atoms with Crippen LogP contribution in [-0.4, -0.2) is 107 Å². The number of nitrogens with zero attached hydrogens (tertiary/aromatic N) is 2. The van der Waals surface area contributed by atoms with Gasteiger partial charge in [-0.05, 0) is 6.26 Å². The topological polar surface area (TPSA) is 108 Å². The molecule has 0 rings (SSSR count). The van der Waals surface area contributed by atoms with E-state index in [-0.39, 0.29) is 17.6 Å². The van der Waals surface area contributed by atoms with Crippen LogP contribution in [0.15, 0.2) is 9.98 Å². The summed E-state index contributed by atoms with van der Waals surface area (Å²) < 4.78 is 22.9. The quantitative estimate of drug-likeness (QED) is 0.0490. The van der Waals surface area contributed by atoms with Crippen molar-refractivity contribution >= 4 is 156 Å². The second-order valence-corrected chi connectivity index (χ2v) is 20.8. The number of thioether (sulfide) groups is 10. The van der Waals surface area contributed by atoms with Crippen molar-refractivity contribution in [2.75, 3.05) is 76.9 Å². The molecule has 7 nitrogen and oxygen atoms in total. The molecule has 0 saturated carbocycles. The Morgan fingerprint density at radius 1 is 0.778 bits per heavy atom. The van der Waals surface area contributed by atoms with Crippen LogP contribution in [0.2, 0.25) is 0 Å². The minimum atomic E-state index is -1.16. The first-order valence-electron chi connectivity index (χ1n) is 9.96. The number of aliphatic hydroxyl groups is 1. The molecule has 0 aliphatic rings. The van der Waals surface area contributed by atoms with E-state index in [1.165, 1.54) is 17.3 Å². The number of aliphatic imine (C=N–C) groups is 2. The zero-order valence-corrected chi connectivity index (χ0v) is 29.6. The summed E-state index contributed by atoms with van der Waals surface area (Å²) >= 11 is 17.0. The maximum atomic E-state index is 11.8. The van der Waals surface area contributed by atoms with Gasteiger partial charge in [0.15, 0.2) is 0 Å². The van der Waals surface area contributed by atoms with Gasteiger partial charge < -0.3 is 10.4 Å². The number of carbonyl (C=O) groups is 1. The van der Waals surface area contributed by atoms with Gasteiger partial charge in [0.2, 0.25) is 0 Å². The molecule has 0 spiro atoms. The van der Waals surface area contributed by atoms with Crippen molar-refractivity contribution in [2.24, 2.45) is 9.98 Å². The fraction of sp³-hybridized carbons (Fsp3) is 0.824. The van der Waals surface area contributed by atoms with E-state index >= 15 is 0 Å². The summed E-state index contributed by atoms with van der Waals surface area (Å²) in [7, 11) is -2.13. The Hall–Kier alpha value is 2.57. The van der Waals surface area contributed by atoms with Crippen molar-refractivity contribution in [1.29, 1.82) is 0 Å². The van der Waals surface area contributed by atoms with Gasteiger partial charge in [-0.3, -0.25) is 23.2 Å². The normalized spacial score (nSPS) is 13.5. The zero-order valence-electron chi connectivity index (χ0n) is 19.8. The molecule has 212 valence electrons. The lowest BCUT2D eigenvalue weighted by atomic mass is 10.9. The van der Waals surface area contributed by atoms with Gasteiger partial charge >= 0.3 is 0 Å². The molecule has 19 heteroatoms. The van der Waals surface area contributed by atoms with E-state index in [1.807, 2.05) is 53.3 Å². The van der Waals surface area contributed by atoms with E-state index in [4.69, 9.17) is 5.11 Å². The fourth-order valence-electron chi connectivity index (χ4n) is 1.50. The molecular weight excluding hydrogens is 695 g/mol. The average molecular weight is 728 g/mol. The Bertz CT molecular complexity index is 634. The summed E-state index contributed by atoms with van der Waals surface area (Å²) in [5.41, 5.74) is 2.95. The predicted octanol–water partition coefficient (Wildman–Crippen LogP) is 5.74. The van der Waals surface area contributed by atoms with E-state index in [0.29, 0.717) is 22.7 Å². The molecule has 0 saturated heterocycles. The molecule has 0 aliphatic carbocycles. The maximum absolute atomic E-state index is 11.8. The van der Waals surface area contributed by atoms with Gasteiger partial charge in [-0.1, -0.05) is 11.8 Å². The molecule has 0 aromatic rings. The number of nitrogens with one attached hydrogen (secondary N) is 1. The van der Waals surface area contributed by atoms with Gasteiger partial charge in [0.05, 0.1) is 67.8 Å². The number of amides is 1. The lowest BCUT2D eigenvalue weighted by molar-refractivity contribution is 0.262. The van der Waals surface area contributed by atoms with Crippen molar-refractivity contribution in [2.45, 2.75) is 0 Å². The molecule has 0 heterocycles. The highest BCUT2D eigenvalue weighted by molar-refractivity contribution is 8.30. The number of aliphatic hydroxyl groups excluding tert-OH is 1. The van der Waals surface area contributed by atoms with Crippen molar-refractivity contribution in [1.82, 2.24) is 5.32 Å². The third-order valence-corrected chi connectivity index (χ3v) is 16.4. The summed E-state index contributed by atoms with van der Waals surface area (Å²) in [6.07, 6.45) is 1.97. The highest BCUT2D eigenvalue weighted by atomic mass is 32.3. The summed E-state index contributed by atoms with van der Waals surface area (Å²) in [4.78, 5) is 20.0. The molecule has 0 fully saturated rings. The van der Waals surface area contributed by atoms with Gasteiger partial charge in [-0.2, -0.15) is 0 Å². The molecular formula is C17H33N3O4S12. The average Bonchev–Trinajstić information content (AvgIpc) is 2.86. The summed E-state index contributed by atoms with van der Waals surface area (Å²) in [5, 5.41) is 18.7. The highest BCUT2D eigenvalue weighted by Gasteiger charge is 2.02. The summed E-state index contributed by atoms with van der Waals surface area (Å²) in [6, 6.07) is 0. The second-order valence-electron chi connectivity index (χ2n) is 5.64. The first kappa shape index (κ1) is 38.6. The van der Waals surface area contributed by atoms with Gasteiger partial charge in [-0.25, -0.2) is 0 Å². The van der Waals surface area contributed by atoms with E-state index in [9.17, 15) is 13.2 Å². The molecule has 0 aliphatic heterocycles. The van der Waals surface area contributed by atoms with Crippen molar-refractivity contribution in [3.8, 4) is 0 Å². The van der Waals surface area contributed by atoms with Crippen LogP contribution in [0, 0.1) is 0 Å². The van der Waals surface area contributed by atoms with E-state index in [2.05, 4.69) is 15.3 Å². The van der Waals surface area contributed by atoms with Crippen LogP contribution in [-0.2, 0) is 21.6 Å². The van der Waals surface area contributed by atoms with Crippen molar-refractivity contribution in [3.63, 3.8) is 0 Å². The van der Waals surface area contributed by atoms with E-state index in [0.717, 1.165) is 35.6 Å². The SMILES string of the molecule is CSC/N=C\S(=O)CSCSCSCSCSC(=O)NCSCSCSCSC/N=C\S(=O)CCO. The Kier molecular flexibility index (Phi) is 34.4. The van der Waals surface area contributed by atoms with Crippen LogP contribution in [0.4, 0.5) is 4.79 Å². The number of rotatable bonds is 26. The smallest absolute Gasteiger partial charge is 0.280 e. The van der Waals surface area contributed by atoms with E-state index < -0.39 is 21.6 Å². The molecule has 36 heavy (non-hydrogen) atoms. The van der Waals surface area contributed by atoms with Crippen molar-refractivity contribution in [3.05, 3.63) is 0 Å². The van der Waals surface area contributed by atoms with Crippen LogP contribution in [0.3, 0.4) is 0 Å². The number of hydrogen-bond donors (Lipinski definition) is 2. The van der Waals surface area contributed by atoms with Gasteiger partial charge in [0.1, 0.15) is 0 Å². The molecule has 0 aromatic heterocycles. The Labute approximate surface area is 263 Å². The van der Waals surface area contributed by atoms with Crippen LogP contribution in [0.1, 0.15) is 0 Å². The molecule has 1 amide bonds. The number of hydrogen-bond acceptors (Lipinski definition) is 16. The summed E-state index contributed by atoms with van der Waals surface area (Å²) in [5.74, 6) is 2.12. The van der Waals surface area contributed by atoms with Crippen molar-refractivity contribution < 1.29 is 18.3 Å². The first-order valence-corrected chi connectivity index (χ1v) is 24.3. The first-order chi connectivity index (χ1) is 17.6. The van der Waals surface area contributed by atoms with Crippen LogP contribution < -0.4 is 5.32 Å². The van der Waals surface area contributed by atoms with Gasteiger partial charge in [0, 0.05) is 35.6 Å². The Morgan fingerprint density at radius 3 is 2.00 bits per heavy atom. The standard InChI is InChI=1S/C17H33N3O4S12/c1-25-4-18-8-36(24)16-33-14-31-12-30-13-32-15-34-17(22)20-6-27-10-29-11-28-9-26-5-19-7-35(23)3-2-21/h7-8,21H,2-6,9-16H2,1H3,(H,20,22)/b18-8-,19-7-. The lowest BCUT2D eigenvalue weighted by Crippen LogP contribution is -2.17. The molecule has 2 atom stereocenters.